The first-order chi connectivity index (χ1) is 4.18. The van der Waals surface area contributed by atoms with Crippen LogP contribution in [0.2, 0.25) is 0 Å². The SMILES string of the molecule is CCCO.CCN(C)C. The molecule has 0 bridgehead atoms. The van der Waals surface area contributed by atoms with Crippen LogP contribution < -0.4 is 0 Å². The van der Waals surface area contributed by atoms with Crippen molar-refractivity contribution in [3.63, 3.8) is 0 Å². The van der Waals surface area contributed by atoms with Crippen LogP contribution in [0.4, 0.5) is 0 Å². The van der Waals surface area contributed by atoms with Crippen LogP contribution in [0, 0.1) is 0 Å². The van der Waals surface area contributed by atoms with Gasteiger partial charge in [-0.2, -0.15) is 0 Å². The fourth-order valence-corrected chi connectivity index (χ4v) is 0. The van der Waals surface area contributed by atoms with Gasteiger partial charge in [-0.3, -0.25) is 0 Å². The minimum absolute atomic E-state index is 0.319. The molecule has 0 amide bonds. The van der Waals surface area contributed by atoms with Crippen molar-refractivity contribution in [2.24, 2.45) is 0 Å². The number of hydrogen-bond donors (Lipinski definition) is 1. The Morgan fingerprint density at radius 3 is 1.44 bits per heavy atom. The highest BCUT2D eigenvalue weighted by Gasteiger charge is 1.72. The lowest BCUT2D eigenvalue weighted by atomic mass is 10.5. The zero-order valence-corrected chi connectivity index (χ0v) is 7.02. The van der Waals surface area contributed by atoms with Crippen LogP contribution in [0.25, 0.3) is 0 Å². The lowest BCUT2D eigenvalue weighted by Crippen LogP contribution is -2.08. The molecule has 0 atom stereocenters. The summed E-state index contributed by atoms with van der Waals surface area (Å²) in [6.45, 7) is 5.51. The Kier molecular flexibility index (Phi) is 14.0. The minimum atomic E-state index is 0.319. The fraction of sp³-hybridized carbons (Fsp3) is 1.00. The maximum absolute atomic E-state index is 7.88. The van der Waals surface area contributed by atoms with Gasteiger partial charge in [0.1, 0.15) is 0 Å². The Morgan fingerprint density at radius 1 is 1.22 bits per heavy atom. The van der Waals surface area contributed by atoms with Gasteiger partial charge >= 0.3 is 0 Å². The zero-order chi connectivity index (χ0) is 7.70. The van der Waals surface area contributed by atoms with Crippen molar-refractivity contribution in [1.29, 1.82) is 0 Å². The summed E-state index contributed by atoms with van der Waals surface area (Å²) in [5, 5.41) is 7.88. The topological polar surface area (TPSA) is 23.5 Å². The van der Waals surface area contributed by atoms with E-state index in [0.717, 1.165) is 13.0 Å². The lowest BCUT2D eigenvalue weighted by molar-refractivity contribution is 0.295. The third kappa shape index (κ3) is 32.6. The predicted octanol–water partition coefficient (Wildman–Crippen LogP) is 0.957. The van der Waals surface area contributed by atoms with E-state index in [0.29, 0.717) is 6.61 Å². The van der Waals surface area contributed by atoms with E-state index in [2.05, 4.69) is 25.9 Å². The molecule has 0 aliphatic heterocycles. The van der Waals surface area contributed by atoms with Gasteiger partial charge in [0.05, 0.1) is 0 Å². The molecule has 0 aliphatic carbocycles. The van der Waals surface area contributed by atoms with Gasteiger partial charge in [-0.15, -0.1) is 0 Å². The highest BCUT2D eigenvalue weighted by Crippen LogP contribution is 1.63. The Bertz CT molecular complexity index is 35.9. The first-order valence-corrected chi connectivity index (χ1v) is 3.44. The standard InChI is InChI=1S/C4H11N.C3H8O/c1-4-5(2)3;1-2-3-4/h4H2,1-3H3;4H,2-3H2,1H3. The molecule has 9 heavy (non-hydrogen) atoms. The van der Waals surface area contributed by atoms with Gasteiger partial charge < -0.3 is 10.0 Å². The van der Waals surface area contributed by atoms with E-state index in [9.17, 15) is 0 Å². The van der Waals surface area contributed by atoms with Gasteiger partial charge in [0, 0.05) is 6.61 Å². The molecule has 0 radical (unpaired) electrons. The molecule has 2 heteroatoms. The maximum atomic E-state index is 7.88. The summed E-state index contributed by atoms with van der Waals surface area (Å²) >= 11 is 0. The van der Waals surface area contributed by atoms with Gasteiger partial charge in [-0.05, 0) is 27.1 Å². The fourth-order valence-electron chi connectivity index (χ4n) is 0. The molecule has 0 spiro atoms. The van der Waals surface area contributed by atoms with E-state index in [-0.39, 0.29) is 0 Å². The zero-order valence-electron chi connectivity index (χ0n) is 7.02. The third-order valence-electron chi connectivity index (χ3n) is 0.856. The second kappa shape index (κ2) is 10.8. The van der Waals surface area contributed by atoms with Crippen molar-refractivity contribution in [1.82, 2.24) is 4.90 Å². The molecule has 0 saturated heterocycles. The summed E-state index contributed by atoms with van der Waals surface area (Å²) in [7, 11) is 4.11. The summed E-state index contributed by atoms with van der Waals surface area (Å²) in [5.41, 5.74) is 0. The van der Waals surface area contributed by atoms with Crippen LogP contribution >= 0.6 is 0 Å². The van der Waals surface area contributed by atoms with E-state index in [1.807, 2.05) is 6.92 Å². The highest BCUT2D eigenvalue weighted by molar-refractivity contribution is 4.25. The van der Waals surface area contributed by atoms with E-state index in [4.69, 9.17) is 5.11 Å². The van der Waals surface area contributed by atoms with Gasteiger partial charge in [-0.25, -0.2) is 0 Å². The Balaban J connectivity index is 0. The molecule has 1 N–H and O–H groups in total. The number of aliphatic hydroxyl groups is 1. The monoisotopic (exact) mass is 133 g/mol. The second-order valence-corrected chi connectivity index (χ2v) is 2.12. The molecule has 0 unspecified atom stereocenters. The van der Waals surface area contributed by atoms with E-state index < -0.39 is 0 Å². The van der Waals surface area contributed by atoms with Crippen molar-refractivity contribution in [2.75, 3.05) is 27.2 Å². The van der Waals surface area contributed by atoms with Gasteiger partial charge in [0.2, 0.25) is 0 Å². The summed E-state index contributed by atoms with van der Waals surface area (Å²) < 4.78 is 0. The van der Waals surface area contributed by atoms with Crippen LogP contribution in [-0.4, -0.2) is 37.3 Å². The molecule has 0 heterocycles. The number of hydrogen-bond acceptors (Lipinski definition) is 2. The molecule has 0 rings (SSSR count). The average molecular weight is 133 g/mol. The minimum Gasteiger partial charge on any atom is -0.396 e. The normalized spacial score (nSPS) is 8.67. The second-order valence-electron chi connectivity index (χ2n) is 2.12. The molecular formula is C7H19NO. The molecule has 58 valence electrons. The predicted molar refractivity (Wildman–Crippen MR) is 41.6 cm³/mol. The number of aliphatic hydroxyl groups excluding tert-OH is 1. The molecule has 0 fully saturated rings. The van der Waals surface area contributed by atoms with Gasteiger partial charge in [-0.1, -0.05) is 13.8 Å². The Hall–Kier alpha value is -0.0800. The number of nitrogens with zero attached hydrogens (tertiary/aromatic N) is 1. The summed E-state index contributed by atoms with van der Waals surface area (Å²) in [4.78, 5) is 2.12. The van der Waals surface area contributed by atoms with E-state index >= 15 is 0 Å². The average Bonchev–Trinajstić information content (AvgIpc) is 1.89. The van der Waals surface area contributed by atoms with Gasteiger partial charge in [0.15, 0.2) is 0 Å². The quantitative estimate of drug-likeness (QED) is 0.606. The molecule has 0 aromatic carbocycles. The van der Waals surface area contributed by atoms with Crippen molar-refractivity contribution >= 4 is 0 Å². The van der Waals surface area contributed by atoms with Crippen molar-refractivity contribution in [3.8, 4) is 0 Å². The molecule has 0 aliphatic rings. The summed E-state index contributed by atoms with van der Waals surface area (Å²) in [6, 6.07) is 0. The lowest BCUT2D eigenvalue weighted by Gasteiger charge is -2.00. The van der Waals surface area contributed by atoms with Crippen LogP contribution in [0.15, 0.2) is 0 Å². The summed E-state index contributed by atoms with van der Waals surface area (Å²) in [5.74, 6) is 0. The molecule has 0 saturated carbocycles. The third-order valence-corrected chi connectivity index (χ3v) is 0.856. The van der Waals surface area contributed by atoms with Gasteiger partial charge in [0.25, 0.3) is 0 Å². The Labute approximate surface area is 58.5 Å². The Morgan fingerprint density at radius 2 is 1.44 bits per heavy atom. The molecular weight excluding hydrogens is 114 g/mol. The first-order valence-electron chi connectivity index (χ1n) is 3.44. The molecule has 0 aromatic rings. The van der Waals surface area contributed by atoms with E-state index in [1.54, 1.807) is 0 Å². The van der Waals surface area contributed by atoms with Crippen molar-refractivity contribution in [2.45, 2.75) is 20.3 Å². The molecule has 2 nitrogen and oxygen atoms in total. The maximum Gasteiger partial charge on any atom is 0.0428 e. The van der Waals surface area contributed by atoms with Crippen LogP contribution in [0.1, 0.15) is 20.3 Å². The van der Waals surface area contributed by atoms with Crippen LogP contribution in [0.3, 0.4) is 0 Å². The largest absolute Gasteiger partial charge is 0.396 e. The van der Waals surface area contributed by atoms with Crippen LogP contribution in [-0.2, 0) is 0 Å². The van der Waals surface area contributed by atoms with E-state index in [1.165, 1.54) is 0 Å². The summed E-state index contributed by atoms with van der Waals surface area (Å²) in [6.07, 6.45) is 0.875. The molecule has 0 aromatic heterocycles. The highest BCUT2D eigenvalue weighted by atomic mass is 16.2. The smallest absolute Gasteiger partial charge is 0.0428 e. The van der Waals surface area contributed by atoms with Crippen LogP contribution in [0.5, 0.6) is 0 Å². The number of rotatable bonds is 2. The van der Waals surface area contributed by atoms with Crippen molar-refractivity contribution in [3.05, 3.63) is 0 Å². The van der Waals surface area contributed by atoms with Crippen molar-refractivity contribution < 1.29 is 5.11 Å². The first kappa shape index (κ1) is 11.7.